The van der Waals surface area contributed by atoms with E-state index in [1.54, 1.807) is 0 Å². The normalized spacial score (nSPS) is 15.3. The van der Waals surface area contributed by atoms with Crippen LogP contribution in [-0.2, 0) is 6.54 Å². The summed E-state index contributed by atoms with van der Waals surface area (Å²) in [5, 5.41) is 3.83. The smallest absolute Gasteiger partial charge is 0.253 e. The van der Waals surface area contributed by atoms with E-state index < -0.39 is 0 Å². The zero-order valence-electron chi connectivity index (χ0n) is 13.1. The van der Waals surface area contributed by atoms with Gasteiger partial charge >= 0.3 is 0 Å². The molecule has 1 aliphatic rings. The molecular weight excluding hydrogens is 316 g/mol. The molecule has 0 unspecified atom stereocenters. The van der Waals surface area contributed by atoms with Gasteiger partial charge in [-0.25, -0.2) is 0 Å². The minimum Gasteiger partial charge on any atom is -0.339 e. The van der Waals surface area contributed by atoms with E-state index in [4.69, 9.17) is 10.3 Å². The summed E-state index contributed by atoms with van der Waals surface area (Å²) in [6.45, 7) is 3.73. The van der Waals surface area contributed by atoms with Crippen molar-refractivity contribution in [1.82, 2.24) is 15.0 Å². The maximum atomic E-state index is 12.5. The van der Waals surface area contributed by atoms with Crippen LogP contribution in [0.25, 0.3) is 0 Å². The van der Waals surface area contributed by atoms with Crippen molar-refractivity contribution in [2.24, 2.45) is 5.73 Å². The van der Waals surface area contributed by atoms with E-state index in [9.17, 15) is 4.79 Å². The lowest BCUT2D eigenvalue weighted by molar-refractivity contribution is 0.0704. The third-order valence-corrected chi connectivity index (χ3v) is 4.11. The molecule has 2 heterocycles. The molecule has 0 atom stereocenters. The van der Waals surface area contributed by atoms with Gasteiger partial charge in [0, 0.05) is 31.1 Å². The minimum atomic E-state index is 0. The second kappa shape index (κ2) is 7.57. The topological polar surface area (TPSA) is 85.2 Å². The quantitative estimate of drug-likeness (QED) is 0.929. The number of aryl methyl sites for hydroxylation is 1. The zero-order valence-corrected chi connectivity index (χ0v) is 13.9. The first-order valence-electron chi connectivity index (χ1n) is 7.56. The van der Waals surface area contributed by atoms with Crippen molar-refractivity contribution >= 4 is 18.3 Å². The lowest BCUT2D eigenvalue weighted by atomic mass is 9.96. The third kappa shape index (κ3) is 3.89. The highest BCUT2D eigenvalue weighted by Crippen LogP contribution is 2.27. The lowest BCUT2D eigenvalue weighted by Crippen LogP contribution is -2.38. The van der Waals surface area contributed by atoms with Crippen molar-refractivity contribution in [3.05, 3.63) is 47.1 Å². The van der Waals surface area contributed by atoms with Gasteiger partial charge in [-0.15, -0.1) is 12.4 Å². The van der Waals surface area contributed by atoms with Gasteiger partial charge in [-0.05, 0) is 37.5 Å². The van der Waals surface area contributed by atoms with E-state index in [1.165, 1.54) is 0 Å². The molecule has 3 rings (SSSR count). The molecule has 2 N–H and O–H groups in total. The third-order valence-electron chi connectivity index (χ3n) is 4.11. The number of halogens is 1. The highest BCUT2D eigenvalue weighted by molar-refractivity contribution is 5.94. The molecule has 1 aliphatic heterocycles. The van der Waals surface area contributed by atoms with Crippen LogP contribution in [0.15, 0.2) is 28.8 Å². The molecule has 1 amide bonds. The number of carbonyl (C=O) groups excluding carboxylic acids is 1. The van der Waals surface area contributed by atoms with E-state index in [0.717, 1.165) is 18.4 Å². The first-order valence-corrected chi connectivity index (χ1v) is 7.56. The average Bonchev–Trinajstić information content (AvgIpc) is 3.01. The highest BCUT2D eigenvalue weighted by Gasteiger charge is 2.27. The number of aromatic nitrogens is 2. The maximum Gasteiger partial charge on any atom is 0.253 e. The van der Waals surface area contributed by atoms with Crippen molar-refractivity contribution in [3.8, 4) is 0 Å². The maximum absolute atomic E-state index is 12.5. The first-order chi connectivity index (χ1) is 10.7. The number of hydrogen-bond acceptors (Lipinski definition) is 5. The van der Waals surface area contributed by atoms with Crippen molar-refractivity contribution < 1.29 is 9.32 Å². The van der Waals surface area contributed by atoms with Crippen LogP contribution in [0.3, 0.4) is 0 Å². The Bertz CT molecular complexity index is 648. The molecule has 0 bridgehead atoms. The molecule has 23 heavy (non-hydrogen) atoms. The number of carbonyl (C=O) groups is 1. The van der Waals surface area contributed by atoms with Gasteiger partial charge in [0.2, 0.25) is 5.89 Å². The van der Waals surface area contributed by atoms with Crippen LogP contribution in [0.5, 0.6) is 0 Å². The minimum absolute atomic E-state index is 0. The van der Waals surface area contributed by atoms with Gasteiger partial charge in [-0.1, -0.05) is 17.3 Å². The Morgan fingerprint density at radius 3 is 2.48 bits per heavy atom. The molecule has 0 aliphatic carbocycles. The number of piperidine rings is 1. The number of nitrogens with zero attached hydrogens (tertiary/aromatic N) is 3. The average molecular weight is 337 g/mol. The molecule has 1 aromatic carbocycles. The molecule has 2 aromatic rings. The van der Waals surface area contributed by atoms with Crippen LogP contribution in [-0.4, -0.2) is 34.0 Å². The predicted molar refractivity (Wildman–Crippen MR) is 88.5 cm³/mol. The number of benzene rings is 1. The number of likely N-dealkylation sites (tertiary alicyclic amines) is 1. The van der Waals surface area contributed by atoms with Gasteiger partial charge in [0.1, 0.15) is 0 Å². The molecule has 1 saturated heterocycles. The van der Waals surface area contributed by atoms with Gasteiger partial charge in [0.05, 0.1) is 0 Å². The number of amides is 1. The first kappa shape index (κ1) is 17.4. The number of rotatable bonds is 3. The fourth-order valence-electron chi connectivity index (χ4n) is 2.77. The lowest BCUT2D eigenvalue weighted by Gasteiger charge is -2.30. The van der Waals surface area contributed by atoms with Gasteiger partial charge < -0.3 is 15.2 Å². The summed E-state index contributed by atoms with van der Waals surface area (Å²) in [4.78, 5) is 18.7. The van der Waals surface area contributed by atoms with E-state index in [2.05, 4.69) is 10.1 Å². The summed E-state index contributed by atoms with van der Waals surface area (Å²) in [5.41, 5.74) is 7.32. The summed E-state index contributed by atoms with van der Waals surface area (Å²) >= 11 is 0. The standard InChI is InChI=1S/C16H20N4O2.ClH/c1-11-18-15(22-19-11)13-6-8-20(9-7-13)16(21)14-4-2-12(10-17)3-5-14;/h2-5,13H,6-10,17H2,1H3;1H. The Morgan fingerprint density at radius 2 is 1.96 bits per heavy atom. The molecule has 0 saturated carbocycles. The molecule has 1 aromatic heterocycles. The molecule has 124 valence electrons. The highest BCUT2D eigenvalue weighted by atomic mass is 35.5. The van der Waals surface area contributed by atoms with Crippen LogP contribution < -0.4 is 5.73 Å². The fraction of sp³-hybridized carbons (Fsp3) is 0.438. The van der Waals surface area contributed by atoms with E-state index in [1.807, 2.05) is 36.1 Å². The van der Waals surface area contributed by atoms with Crippen molar-refractivity contribution in [2.45, 2.75) is 32.2 Å². The summed E-state index contributed by atoms with van der Waals surface area (Å²) in [7, 11) is 0. The van der Waals surface area contributed by atoms with Crippen LogP contribution in [0.1, 0.15) is 46.4 Å². The molecule has 6 nitrogen and oxygen atoms in total. The molecule has 0 radical (unpaired) electrons. The van der Waals surface area contributed by atoms with Crippen molar-refractivity contribution in [3.63, 3.8) is 0 Å². The van der Waals surface area contributed by atoms with Gasteiger partial charge in [-0.2, -0.15) is 4.98 Å². The molecular formula is C16H21ClN4O2. The Morgan fingerprint density at radius 1 is 1.30 bits per heavy atom. The van der Waals surface area contributed by atoms with Gasteiger partial charge in [0.25, 0.3) is 5.91 Å². The van der Waals surface area contributed by atoms with Crippen LogP contribution in [0.4, 0.5) is 0 Å². The summed E-state index contributed by atoms with van der Waals surface area (Å²) in [6, 6.07) is 7.50. The van der Waals surface area contributed by atoms with Gasteiger partial charge in [0.15, 0.2) is 5.82 Å². The predicted octanol–water partition coefficient (Wildman–Crippen LogP) is 2.28. The van der Waals surface area contributed by atoms with E-state index >= 15 is 0 Å². The van der Waals surface area contributed by atoms with Crippen LogP contribution >= 0.6 is 12.4 Å². The van der Waals surface area contributed by atoms with Gasteiger partial charge in [-0.3, -0.25) is 4.79 Å². The van der Waals surface area contributed by atoms with E-state index in [-0.39, 0.29) is 24.2 Å². The number of hydrogen-bond donors (Lipinski definition) is 1. The fourth-order valence-corrected chi connectivity index (χ4v) is 2.77. The second-order valence-electron chi connectivity index (χ2n) is 5.65. The Balaban J connectivity index is 0.00000192. The summed E-state index contributed by atoms with van der Waals surface area (Å²) in [5.74, 6) is 1.68. The molecule has 0 spiro atoms. The Labute approximate surface area is 141 Å². The number of nitrogens with two attached hydrogens (primary N) is 1. The largest absolute Gasteiger partial charge is 0.339 e. The van der Waals surface area contributed by atoms with Crippen molar-refractivity contribution in [1.29, 1.82) is 0 Å². The second-order valence-corrected chi connectivity index (χ2v) is 5.65. The Kier molecular flexibility index (Phi) is 5.74. The monoisotopic (exact) mass is 336 g/mol. The molecule has 1 fully saturated rings. The van der Waals surface area contributed by atoms with Crippen molar-refractivity contribution in [2.75, 3.05) is 13.1 Å². The van der Waals surface area contributed by atoms with Crippen LogP contribution in [0, 0.1) is 6.92 Å². The summed E-state index contributed by atoms with van der Waals surface area (Å²) < 4.78 is 5.23. The molecule has 7 heteroatoms. The van der Waals surface area contributed by atoms with Crippen LogP contribution in [0.2, 0.25) is 0 Å². The zero-order chi connectivity index (χ0) is 15.5. The SMILES string of the molecule is Cc1noc(C2CCN(C(=O)c3ccc(CN)cc3)CC2)n1.Cl. The summed E-state index contributed by atoms with van der Waals surface area (Å²) in [6.07, 6.45) is 1.71. The Hall–Kier alpha value is -1.92. The van der Waals surface area contributed by atoms with E-state index in [0.29, 0.717) is 36.9 Å².